The molecule has 2 aromatic carbocycles. The molecule has 0 bridgehead atoms. The quantitative estimate of drug-likeness (QED) is 0.932. The molecule has 0 heterocycles. The largest absolute Gasteiger partial charge is 0.478 e. The fraction of sp³-hybridized carbons (Fsp3) is 0.0714. The number of benzene rings is 2. The summed E-state index contributed by atoms with van der Waals surface area (Å²) in [7, 11) is -3.45. The summed E-state index contributed by atoms with van der Waals surface area (Å²) in [5.41, 5.74) is 0.0174. The van der Waals surface area contributed by atoms with E-state index in [-0.39, 0.29) is 27.0 Å². The van der Waals surface area contributed by atoms with Gasteiger partial charge in [0.25, 0.3) is 0 Å². The third-order valence-corrected chi connectivity index (χ3v) is 4.08. The van der Waals surface area contributed by atoms with Crippen LogP contribution in [0.4, 0.5) is 0 Å². The first-order chi connectivity index (χ1) is 9.79. The predicted molar refractivity (Wildman–Crippen MR) is 78.0 cm³/mol. The maximum atomic E-state index is 11.7. The average molecular weight is 327 g/mol. The molecule has 1 N–H and O–H groups in total. The molecule has 7 heteroatoms. The van der Waals surface area contributed by atoms with Crippen LogP contribution in [0.1, 0.15) is 10.4 Å². The van der Waals surface area contributed by atoms with Crippen LogP contribution in [0.3, 0.4) is 0 Å². The highest BCUT2D eigenvalue weighted by molar-refractivity contribution is 7.90. The molecule has 21 heavy (non-hydrogen) atoms. The molecule has 2 aromatic rings. The highest BCUT2D eigenvalue weighted by atomic mass is 35.5. The topological polar surface area (TPSA) is 80.7 Å². The van der Waals surface area contributed by atoms with Gasteiger partial charge in [-0.05, 0) is 30.3 Å². The molecule has 0 fully saturated rings. The molecule has 0 aliphatic carbocycles. The van der Waals surface area contributed by atoms with Crippen LogP contribution in [0.15, 0.2) is 47.4 Å². The maximum absolute atomic E-state index is 11.7. The number of hydrogen-bond acceptors (Lipinski definition) is 4. The Bertz CT molecular complexity index is 799. The first-order valence-corrected chi connectivity index (χ1v) is 8.06. The van der Waals surface area contributed by atoms with Crippen molar-refractivity contribution in [1.82, 2.24) is 0 Å². The van der Waals surface area contributed by atoms with Gasteiger partial charge in [-0.25, -0.2) is 13.2 Å². The van der Waals surface area contributed by atoms with Gasteiger partial charge in [-0.15, -0.1) is 0 Å². The van der Waals surface area contributed by atoms with E-state index in [2.05, 4.69) is 0 Å². The minimum absolute atomic E-state index is 0.0174. The predicted octanol–water partition coefficient (Wildman–Crippen LogP) is 3.23. The number of carboxylic acids is 1. The lowest BCUT2D eigenvalue weighted by atomic mass is 10.2. The first-order valence-electron chi connectivity index (χ1n) is 5.79. The van der Waals surface area contributed by atoms with Gasteiger partial charge < -0.3 is 9.84 Å². The van der Waals surface area contributed by atoms with Crippen molar-refractivity contribution in [2.45, 2.75) is 4.90 Å². The monoisotopic (exact) mass is 326 g/mol. The van der Waals surface area contributed by atoms with Crippen LogP contribution < -0.4 is 4.74 Å². The molecule has 0 aliphatic rings. The molecule has 0 aromatic heterocycles. The Morgan fingerprint density at radius 3 is 2.38 bits per heavy atom. The van der Waals surface area contributed by atoms with Crippen LogP contribution in [0, 0.1) is 0 Å². The smallest absolute Gasteiger partial charge is 0.335 e. The standard InChI is InChI=1S/C14H11ClO5S/c1-21(18,19)13-5-3-2-4-12(13)20-11-7-6-9(14(16)17)8-10(11)15/h2-8H,1H3,(H,16,17). The fourth-order valence-electron chi connectivity index (χ4n) is 1.68. The van der Waals surface area contributed by atoms with Gasteiger partial charge in [-0.2, -0.15) is 0 Å². The fourth-order valence-corrected chi connectivity index (χ4v) is 2.70. The van der Waals surface area contributed by atoms with Crippen molar-refractivity contribution in [3.05, 3.63) is 53.1 Å². The first kappa shape index (κ1) is 15.3. The van der Waals surface area contributed by atoms with E-state index in [0.717, 1.165) is 6.26 Å². The van der Waals surface area contributed by atoms with Gasteiger partial charge in [0.2, 0.25) is 0 Å². The van der Waals surface area contributed by atoms with E-state index in [1.165, 1.54) is 30.3 Å². The minimum atomic E-state index is -3.45. The van der Waals surface area contributed by atoms with E-state index >= 15 is 0 Å². The van der Waals surface area contributed by atoms with Crippen molar-refractivity contribution in [1.29, 1.82) is 0 Å². The van der Waals surface area contributed by atoms with Gasteiger partial charge in [0, 0.05) is 6.26 Å². The van der Waals surface area contributed by atoms with Gasteiger partial charge in [-0.1, -0.05) is 23.7 Å². The lowest BCUT2D eigenvalue weighted by Crippen LogP contribution is -2.01. The van der Waals surface area contributed by atoms with Gasteiger partial charge in [0.05, 0.1) is 10.6 Å². The number of rotatable bonds is 4. The molecule has 0 atom stereocenters. The Morgan fingerprint density at radius 1 is 1.14 bits per heavy atom. The number of sulfone groups is 1. The molecule has 0 spiro atoms. The van der Waals surface area contributed by atoms with Crippen LogP contribution in [-0.4, -0.2) is 25.7 Å². The Hall–Kier alpha value is -2.05. The van der Waals surface area contributed by atoms with Gasteiger partial charge in [0.1, 0.15) is 16.4 Å². The Morgan fingerprint density at radius 2 is 1.81 bits per heavy atom. The molecular formula is C14H11ClO5S. The number of aromatic carboxylic acids is 1. The molecule has 0 unspecified atom stereocenters. The second-order valence-corrected chi connectivity index (χ2v) is 6.66. The van der Waals surface area contributed by atoms with Crippen LogP contribution in [-0.2, 0) is 9.84 Å². The molecule has 2 rings (SSSR count). The molecule has 0 amide bonds. The number of carbonyl (C=O) groups is 1. The van der Waals surface area contributed by atoms with E-state index in [4.69, 9.17) is 21.4 Å². The van der Waals surface area contributed by atoms with E-state index in [1.54, 1.807) is 12.1 Å². The number of halogens is 1. The van der Waals surface area contributed by atoms with Crippen LogP contribution in [0.2, 0.25) is 5.02 Å². The van der Waals surface area contributed by atoms with Crippen molar-refractivity contribution in [3.8, 4) is 11.5 Å². The summed E-state index contributed by atoms with van der Waals surface area (Å²) in [4.78, 5) is 10.9. The Labute approximate surface area is 126 Å². The highest BCUT2D eigenvalue weighted by Gasteiger charge is 2.16. The number of ether oxygens (including phenoxy) is 1. The van der Waals surface area contributed by atoms with E-state index in [9.17, 15) is 13.2 Å². The SMILES string of the molecule is CS(=O)(=O)c1ccccc1Oc1ccc(C(=O)O)cc1Cl. The van der Waals surface area contributed by atoms with E-state index in [0.29, 0.717) is 0 Å². The molecule has 5 nitrogen and oxygen atoms in total. The number of carboxylic acid groups (broad SMARTS) is 1. The number of para-hydroxylation sites is 1. The van der Waals surface area contributed by atoms with Crippen LogP contribution >= 0.6 is 11.6 Å². The maximum Gasteiger partial charge on any atom is 0.335 e. The summed E-state index contributed by atoms with van der Waals surface area (Å²) < 4.78 is 28.9. The number of hydrogen-bond donors (Lipinski definition) is 1. The van der Waals surface area contributed by atoms with Crippen molar-refractivity contribution in [2.75, 3.05) is 6.26 Å². The molecule has 0 saturated carbocycles. The summed E-state index contributed by atoms with van der Waals surface area (Å²) in [5.74, 6) is -0.803. The van der Waals surface area contributed by atoms with Crippen LogP contribution in [0.5, 0.6) is 11.5 Å². The molecule has 0 radical (unpaired) electrons. The zero-order valence-corrected chi connectivity index (χ0v) is 12.5. The second kappa shape index (κ2) is 5.75. The summed E-state index contributed by atoms with van der Waals surface area (Å²) in [6.07, 6.45) is 1.07. The van der Waals surface area contributed by atoms with Crippen molar-refractivity contribution in [3.63, 3.8) is 0 Å². The lowest BCUT2D eigenvalue weighted by Gasteiger charge is -2.11. The lowest BCUT2D eigenvalue weighted by molar-refractivity contribution is 0.0697. The summed E-state index contributed by atoms with van der Waals surface area (Å²) >= 11 is 5.95. The van der Waals surface area contributed by atoms with Crippen molar-refractivity contribution in [2.24, 2.45) is 0 Å². The van der Waals surface area contributed by atoms with Crippen molar-refractivity contribution < 1.29 is 23.1 Å². The second-order valence-electron chi connectivity index (χ2n) is 4.27. The summed E-state index contributed by atoms with van der Waals surface area (Å²) in [6, 6.07) is 10.1. The average Bonchev–Trinajstić information content (AvgIpc) is 2.40. The van der Waals surface area contributed by atoms with Crippen LogP contribution in [0.25, 0.3) is 0 Å². The molecule has 110 valence electrons. The minimum Gasteiger partial charge on any atom is -0.478 e. The van der Waals surface area contributed by atoms with Gasteiger partial charge in [0.15, 0.2) is 9.84 Å². The summed E-state index contributed by atoms with van der Waals surface area (Å²) in [6.45, 7) is 0. The molecular weight excluding hydrogens is 316 g/mol. The highest BCUT2D eigenvalue weighted by Crippen LogP contribution is 2.33. The van der Waals surface area contributed by atoms with E-state index in [1.807, 2.05) is 0 Å². The zero-order chi connectivity index (χ0) is 15.6. The molecule has 0 saturated heterocycles. The zero-order valence-electron chi connectivity index (χ0n) is 10.9. The normalized spacial score (nSPS) is 11.1. The summed E-state index contributed by atoms with van der Waals surface area (Å²) in [5, 5.41) is 8.94. The van der Waals surface area contributed by atoms with Gasteiger partial charge >= 0.3 is 5.97 Å². The Balaban J connectivity index is 2.42. The van der Waals surface area contributed by atoms with Gasteiger partial charge in [-0.3, -0.25) is 0 Å². The van der Waals surface area contributed by atoms with E-state index < -0.39 is 15.8 Å². The third kappa shape index (κ3) is 3.53. The van der Waals surface area contributed by atoms with Crippen molar-refractivity contribution >= 4 is 27.4 Å². The Kier molecular flexibility index (Phi) is 4.20. The third-order valence-electron chi connectivity index (χ3n) is 2.65. The molecule has 0 aliphatic heterocycles.